The summed E-state index contributed by atoms with van der Waals surface area (Å²) >= 11 is 5.89. The van der Waals surface area contributed by atoms with Crippen molar-refractivity contribution < 1.29 is 4.42 Å². The van der Waals surface area contributed by atoms with E-state index in [0.717, 1.165) is 31.3 Å². The monoisotopic (exact) mass is 402 g/mol. The van der Waals surface area contributed by atoms with Gasteiger partial charge < -0.3 is 4.42 Å². The molecule has 2 fully saturated rings. The highest BCUT2D eigenvalue weighted by atomic mass is 35.5. The number of halogens is 3. The second kappa shape index (κ2) is 8.32. The molecule has 25 heavy (non-hydrogen) atoms. The van der Waals surface area contributed by atoms with Crippen molar-refractivity contribution in [3.8, 4) is 0 Å². The van der Waals surface area contributed by atoms with Gasteiger partial charge in [-0.25, -0.2) is 0 Å². The van der Waals surface area contributed by atoms with E-state index in [1.165, 1.54) is 17.7 Å². The van der Waals surface area contributed by atoms with Gasteiger partial charge in [0.25, 0.3) is 0 Å². The lowest BCUT2D eigenvalue weighted by Crippen LogP contribution is -2.29. The molecule has 0 unspecified atom stereocenters. The molecule has 0 spiro atoms. The Labute approximate surface area is 167 Å². The number of rotatable bonds is 3. The fourth-order valence-corrected chi connectivity index (χ4v) is 4.68. The Hall–Kier alpha value is -0.710. The first kappa shape index (κ1) is 20.6. The van der Waals surface area contributed by atoms with Crippen LogP contribution in [0.15, 0.2) is 40.8 Å². The number of aryl methyl sites for hydroxylation is 1. The third-order valence-electron chi connectivity index (χ3n) is 5.49. The molecule has 6 heteroatoms. The molecule has 2 saturated heterocycles. The van der Waals surface area contributed by atoms with Crippen molar-refractivity contribution in [2.24, 2.45) is 11.8 Å². The highest BCUT2D eigenvalue weighted by Crippen LogP contribution is 2.45. The summed E-state index contributed by atoms with van der Waals surface area (Å²) in [5.74, 6) is 2.41. The molecule has 2 aliphatic heterocycles. The predicted molar refractivity (Wildman–Crippen MR) is 107 cm³/mol. The number of likely N-dealkylation sites (tertiary alicyclic amines) is 2. The van der Waals surface area contributed by atoms with Crippen molar-refractivity contribution in [2.75, 3.05) is 26.7 Å². The molecule has 2 aliphatic rings. The summed E-state index contributed by atoms with van der Waals surface area (Å²) in [6, 6.07) is 13.2. The van der Waals surface area contributed by atoms with Crippen LogP contribution in [0.1, 0.15) is 22.9 Å². The van der Waals surface area contributed by atoms with Crippen LogP contribution in [0.5, 0.6) is 0 Å². The van der Waals surface area contributed by atoms with Gasteiger partial charge in [-0.15, -0.1) is 24.8 Å². The Bertz CT molecular complexity index is 705. The molecule has 0 saturated carbocycles. The average Bonchev–Trinajstić information content (AvgIpc) is 3.15. The molecule has 3 atom stereocenters. The maximum absolute atomic E-state index is 5.89. The van der Waals surface area contributed by atoms with Crippen LogP contribution in [-0.4, -0.2) is 36.5 Å². The first-order valence-corrected chi connectivity index (χ1v) is 8.72. The first-order valence-electron chi connectivity index (χ1n) is 8.34. The SMILES string of the molecule is Cc1ccccc1[C@H]1[C@@H]2CN(Cc3ccc(Cl)o3)C[C@@H]2CN1C.Cl.Cl. The van der Waals surface area contributed by atoms with Gasteiger partial charge >= 0.3 is 0 Å². The van der Waals surface area contributed by atoms with Gasteiger partial charge in [0, 0.05) is 25.7 Å². The quantitative estimate of drug-likeness (QED) is 0.732. The van der Waals surface area contributed by atoms with Crippen molar-refractivity contribution in [1.29, 1.82) is 0 Å². The molecule has 3 heterocycles. The summed E-state index contributed by atoms with van der Waals surface area (Å²) in [4.78, 5) is 5.06. The van der Waals surface area contributed by atoms with Gasteiger partial charge in [0.1, 0.15) is 5.76 Å². The van der Waals surface area contributed by atoms with Crippen molar-refractivity contribution >= 4 is 36.4 Å². The molecule has 0 N–H and O–H groups in total. The van der Waals surface area contributed by atoms with Gasteiger partial charge in [0.2, 0.25) is 0 Å². The summed E-state index contributed by atoms with van der Waals surface area (Å²) in [7, 11) is 2.27. The van der Waals surface area contributed by atoms with E-state index in [1.807, 2.05) is 12.1 Å². The predicted octanol–water partition coefficient (Wildman–Crippen LogP) is 4.82. The standard InChI is InChI=1S/C19H23ClN2O.2ClH/c1-13-5-3-4-6-16(13)19-17-12-22(10-14(17)9-21(19)2)11-15-7-8-18(20)23-15;;/h3-8,14,17,19H,9-12H2,1-2H3;2*1H/t14-,17+,19-;;/m0../s1. The number of furan rings is 1. The topological polar surface area (TPSA) is 19.6 Å². The van der Waals surface area contributed by atoms with Crippen molar-refractivity contribution in [2.45, 2.75) is 19.5 Å². The Balaban J connectivity index is 0.00000113. The molecule has 2 aromatic rings. The van der Waals surface area contributed by atoms with E-state index in [-0.39, 0.29) is 24.8 Å². The van der Waals surface area contributed by atoms with E-state index in [9.17, 15) is 0 Å². The van der Waals surface area contributed by atoms with E-state index in [0.29, 0.717) is 17.2 Å². The lowest BCUT2D eigenvalue weighted by molar-refractivity contribution is 0.215. The van der Waals surface area contributed by atoms with Gasteiger partial charge in [-0.2, -0.15) is 0 Å². The minimum Gasteiger partial charge on any atom is -0.448 e. The second-order valence-corrected chi connectivity index (χ2v) is 7.44. The number of hydrogen-bond acceptors (Lipinski definition) is 3. The molecule has 0 bridgehead atoms. The third kappa shape index (κ3) is 4.01. The van der Waals surface area contributed by atoms with Gasteiger partial charge in [-0.3, -0.25) is 9.80 Å². The molecule has 0 radical (unpaired) electrons. The smallest absolute Gasteiger partial charge is 0.193 e. The van der Waals surface area contributed by atoms with E-state index in [2.05, 4.69) is 48.0 Å². The van der Waals surface area contributed by atoms with E-state index < -0.39 is 0 Å². The maximum Gasteiger partial charge on any atom is 0.193 e. The Morgan fingerprint density at radius 2 is 1.84 bits per heavy atom. The first-order chi connectivity index (χ1) is 11.1. The molecular weight excluding hydrogens is 379 g/mol. The number of fused-ring (bicyclic) bond motifs is 1. The molecule has 1 aromatic heterocycles. The maximum atomic E-state index is 5.89. The highest BCUT2D eigenvalue weighted by molar-refractivity contribution is 6.28. The lowest BCUT2D eigenvalue weighted by atomic mass is 9.88. The molecule has 1 aromatic carbocycles. The van der Waals surface area contributed by atoms with Gasteiger partial charge in [0.05, 0.1) is 6.54 Å². The van der Waals surface area contributed by atoms with E-state index in [1.54, 1.807) is 0 Å². The molecule has 3 nitrogen and oxygen atoms in total. The fraction of sp³-hybridized carbons (Fsp3) is 0.474. The van der Waals surface area contributed by atoms with Crippen LogP contribution in [0.3, 0.4) is 0 Å². The number of hydrogen-bond donors (Lipinski definition) is 0. The number of benzene rings is 1. The molecule has 0 amide bonds. The minimum absolute atomic E-state index is 0. The normalized spacial score (nSPS) is 26.1. The van der Waals surface area contributed by atoms with E-state index >= 15 is 0 Å². The van der Waals surface area contributed by atoms with Crippen LogP contribution in [0, 0.1) is 18.8 Å². The van der Waals surface area contributed by atoms with Crippen molar-refractivity contribution in [3.05, 3.63) is 58.5 Å². The van der Waals surface area contributed by atoms with Gasteiger partial charge in [-0.05, 0) is 60.7 Å². The largest absolute Gasteiger partial charge is 0.448 e. The number of nitrogens with zero attached hydrogens (tertiary/aromatic N) is 2. The Kier molecular flexibility index (Phi) is 6.86. The fourth-order valence-electron chi connectivity index (χ4n) is 4.52. The molecular formula is C19H25Cl3N2O. The summed E-state index contributed by atoms with van der Waals surface area (Å²) in [6.07, 6.45) is 0. The highest BCUT2D eigenvalue weighted by Gasteiger charge is 2.46. The zero-order valence-corrected chi connectivity index (χ0v) is 16.9. The van der Waals surface area contributed by atoms with E-state index in [4.69, 9.17) is 16.0 Å². The van der Waals surface area contributed by atoms with Crippen molar-refractivity contribution in [1.82, 2.24) is 9.80 Å². The lowest BCUT2D eigenvalue weighted by Gasteiger charge is -2.27. The van der Waals surface area contributed by atoms with Crippen LogP contribution >= 0.6 is 36.4 Å². The Morgan fingerprint density at radius 3 is 2.52 bits per heavy atom. The van der Waals surface area contributed by atoms with Crippen LogP contribution in [0.2, 0.25) is 5.22 Å². The summed E-state index contributed by atoms with van der Waals surface area (Å²) in [5.41, 5.74) is 2.90. The summed E-state index contributed by atoms with van der Waals surface area (Å²) in [6.45, 7) is 6.55. The molecule has 138 valence electrons. The average molecular weight is 404 g/mol. The Morgan fingerprint density at radius 1 is 1.08 bits per heavy atom. The van der Waals surface area contributed by atoms with Gasteiger partial charge in [0.15, 0.2) is 5.22 Å². The molecule has 4 rings (SSSR count). The minimum atomic E-state index is 0. The van der Waals surface area contributed by atoms with Crippen LogP contribution in [0.4, 0.5) is 0 Å². The zero-order valence-electron chi connectivity index (χ0n) is 14.5. The molecule has 0 aliphatic carbocycles. The van der Waals surface area contributed by atoms with Crippen molar-refractivity contribution in [3.63, 3.8) is 0 Å². The third-order valence-corrected chi connectivity index (χ3v) is 5.69. The van der Waals surface area contributed by atoms with Gasteiger partial charge in [-0.1, -0.05) is 24.3 Å². The zero-order chi connectivity index (χ0) is 16.0. The van der Waals surface area contributed by atoms with Crippen LogP contribution < -0.4 is 0 Å². The summed E-state index contributed by atoms with van der Waals surface area (Å²) < 4.78 is 5.53. The van der Waals surface area contributed by atoms with Crippen LogP contribution in [0.25, 0.3) is 0 Å². The summed E-state index contributed by atoms with van der Waals surface area (Å²) in [5, 5.41) is 0.483. The van der Waals surface area contributed by atoms with Crippen LogP contribution in [-0.2, 0) is 6.54 Å². The second-order valence-electron chi connectivity index (χ2n) is 7.06.